The summed E-state index contributed by atoms with van der Waals surface area (Å²) in [5.41, 5.74) is -1.19. The molecule has 106 valence electrons. The summed E-state index contributed by atoms with van der Waals surface area (Å²) in [7, 11) is 1.18. The lowest BCUT2D eigenvalue weighted by Crippen LogP contribution is -2.34. The van der Waals surface area contributed by atoms with Crippen molar-refractivity contribution < 1.29 is 27.1 Å². The number of benzene rings is 1. The number of methoxy groups -OCH3 is 1. The van der Waals surface area contributed by atoms with Crippen LogP contribution in [0.5, 0.6) is 0 Å². The third-order valence-electron chi connectivity index (χ3n) is 2.53. The van der Waals surface area contributed by atoms with Crippen molar-refractivity contribution >= 4 is 5.97 Å². The van der Waals surface area contributed by atoms with Crippen molar-refractivity contribution in [1.82, 2.24) is 5.32 Å². The van der Waals surface area contributed by atoms with Crippen molar-refractivity contribution in [2.45, 2.75) is 25.7 Å². The first-order valence-corrected chi connectivity index (χ1v) is 5.42. The van der Waals surface area contributed by atoms with E-state index in [9.17, 15) is 22.4 Å². The molecule has 0 heterocycles. The molecule has 1 atom stereocenters. The second kappa shape index (κ2) is 6.01. The van der Waals surface area contributed by atoms with Gasteiger partial charge in [0.1, 0.15) is 11.9 Å². The van der Waals surface area contributed by atoms with Gasteiger partial charge in [0.2, 0.25) is 0 Å². The topological polar surface area (TPSA) is 38.3 Å². The van der Waals surface area contributed by atoms with Crippen molar-refractivity contribution in [2.24, 2.45) is 0 Å². The van der Waals surface area contributed by atoms with Crippen molar-refractivity contribution in [3.63, 3.8) is 0 Å². The first-order valence-electron chi connectivity index (χ1n) is 5.42. The van der Waals surface area contributed by atoms with Gasteiger partial charge in [-0.15, -0.1) is 0 Å². The molecule has 1 rings (SSSR count). The molecule has 19 heavy (non-hydrogen) atoms. The van der Waals surface area contributed by atoms with E-state index in [1.165, 1.54) is 14.0 Å². The number of hydrogen-bond donors (Lipinski definition) is 1. The van der Waals surface area contributed by atoms with Crippen LogP contribution in [0.25, 0.3) is 0 Å². The van der Waals surface area contributed by atoms with E-state index < -0.39 is 29.6 Å². The van der Waals surface area contributed by atoms with Crippen LogP contribution < -0.4 is 5.32 Å². The van der Waals surface area contributed by atoms with Crippen LogP contribution >= 0.6 is 0 Å². The van der Waals surface area contributed by atoms with Gasteiger partial charge >= 0.3 is 12.1 Å². The predicted molar refractivity (Wildman–Crippen MR) is 59.7 cm³/mol. The Morgan fingerprint density at radius 1 is 1.42 bits per heavy atom. The van der Waals surface area contributed by atoms with Crippen LogP contribution in [-0.4, -0.2) is 19.1 Å². The number of esters is 1. The van der Waals surface area contributed by atoms with Gasteiger partial charge < -0.3 is 10.1 Å². The van der Waals surface area contributed by atoms with Crippen LogP contribution in [-0.2, 0) is 22.3 Å². The molecule has 0 aromatic heterocycles. The van der Waals surface area contributed by atoms with E-state index in [0.29, 0.717) is 6.07 Å². The Kier molecular flexibility index (Phi) is 4.88. The van der Waals surface area contributed by atoms with Gasteiger partial charge in [0, 0.05) is 6.54 Å². The molecule has 0 fully saturated rings. The van der Waals surface area contributed by atoms with Gasteiger partial charge in [-0.25, -0.2) is 4.39 Å². The first kappa shape index (κ1) is 15.4. The fourth-order valence-corrected chi connectivity index (χ4v) is 1.49. The van der Waals surface area contributed by atoms with Gasteiger partial charge in [-0.2, -0.15) is 13.2 Å². The van der Waals surface area contributed by atoms with E-state index in [1.54, 1.807) is 0 Å². The Labute approximate surface area is 107 Å². The lowest BCUT2D eigenvalue weighted by Gasteiger charge is -2.15. The van der Waals surface area contributed by atoms with Gasteiger partial charge in [-0.1, -0.05) is 6.07 Å². The number of carbonyl (C=O) groups excluding carboxylic acids is 1. The molecule has 0 aliphatic carbocycles. The zero-order chi connectivity index (χ0) is 14.6. The standard InChI is InChI=1S/C12H13F4NO2/c1-7(11(18)19-2)17-6-8-3-4-9(13)5-10(8)12(14,15)16/h3-5,7,17H,6H2,1-2H3. The highest BCUT2D eigenvalue weighted by atomic mass is 19.4. The van der Waals surface area contributed by atoms with Crippen molar-refractivity contribution in [3.05, 3.63) is 35.1 Å². The number of rotatable bonds is 4. The molecule has 3 nitrogen and oxygen atoms in total. The van der Waals surface area contributed by atoms with Crippen LogP contribution in [0.1, 0.15) is 18.1 Å². The molecule has 0 aliphatic heterocycles. The molecular formula is C12H13F4NO2. The summed E-state index contributed by atoms with van der Waals surface area (Å²) in [5.74, 6) is -1.55. The van der Waals surface area contributed by atoms with E-state index in [2.05, 4.69) is 10.1 Å². The summed E-state index contributed by atoms with van der Waals surface area (Å²) in [5, 5.41) is 2.58. The molecule has 1 aromatic carbocycles. The van der Waals surface area contributed by atoms with Crippen molar-refractivity contribution in [1.29, 1.82) is 0 Å². The molecule has 7 heteroatoms. The van der Waals surface area contributed by atoms with Crippen molar-refractivity contribution in [3.8, 4) is 0 Å². The number of ether oxygens (including phenoxy) is 1. The zero-order valence-corrected chi connectivity index (χ0v) is 10.3. The number of alkyl halides is 3. The summed E-state index contributed by atoms with van der Waals surface area (Å²) < 4.78 is 55.4. The molecule has 0 bridgehead atoms. The maximum atomic E-state index is 12.9. The average Bonchev–Trinajstić information content (AvgIpc) is 2.34. The Bertz CT molecular complexity index is 460. The molecule has 0 aliphatic rings. The lowest BCUT2D eigenvalue weighted by atomic mass is 10.1. The highest BCUT2D eigenvalue weighted by Crippen LogP contribution is 2.32. The Morgan fingerprint density at radius 3 is 2.58 bits per heavy atom. The zero-order valence-electron chi connectivity index (χ0n) is 10.3. The minimum Gasteiger partial charge on any atom is -0.468 e. The maximum Gasteiger partial charge on any atom is 0.416 e. The predicted octanol–water partition coefficient (Wildman–Crippen LogP) is 2.50. The quantitative estimate of drug-likeness (QED) is 0.680. The number of carbonyl (C=O) groups is 1. The SMILES string of the molecule is COC(=O)C(C)NCc1ccc(F)cc1C(F)(F)F. The van der Waals surface area contributed by atoms with E-state index in [4.69, 9.17) is 0 Å². The van der Waals surface area contributed by atoms with Gasteiger partial charge in [-0.3, -0.25) is 4.79 Å². The van der Waals surface area contributed by atoms with Gasteiger partial charge in [-0.05, 0) is 24.6 Å². The second-order valence-electron chi connectivity index (χ2n) is 3.92. The molecular weight excluding hydrogens is 266 g/mol. The van der Waals surface area contributed by atoms with E-state index in [-0.39, 0.29) is 12.1 Å². The number of halogens is 4. The minimum atomic E-state index is -4.65. The fourth-order valence-electron chi connectivity index (χ4n) is 1.49. The molecule has 0 saturated carbocycles. The largest absolute Gasteiger partial charge is 0.468 e. The molecule has 1 aromatic rings. The average molecular weight is 279 g/mol. The van der Waals surface area contributed by atoms with Gasteiger partial charge in [0.05, 0.1) is 12.7 Å². The van der Waals surface area contributed by atoms with Crippen LogP contribution in [0.3, 0.4) is 0 Å². The second-order valence-corrected chi connectivity index (χ2v) is 3.92. The Balaban J connectivity index is 2.87. The summed E-state index contributed by atoms with van der Waals surface area (Å²) >= 11 is 0. The minimum absolute atomic E-state index is 0.135. The smallest absolute Gasteiger partial charge is 0.416 e. The molecule has 1 unspecified atom stereocenters. The molecule has 1 N–H and O–H groups in total. The van der Waals surface area contributed by atoms with E-state index >= 15 is 0 Å². The molecule has 0 radical (unpaired) electrons. The van der Waals surface area contributed by atoms with Gasteiger partial charge in [0.25, 0.3) is 0 Å². The Morgan fingerprint density at radius 2 is 2.05 bits per heavy atom. The summed E-state index contributed by atoms with van der Waals surface area (Å²) in [6, 6.07) is 1.65. The normalized spacial score (nSPS) is 13.2. The molecule has 0 saturated heterocycles. The first-order chi connectivity index (χ1) is 8.75. The third-order valence-corrected chi connectivity index (χ3v) is 2.53. The van der Waals surface area contributed by atoms with Crippen molar-refractivity contribution in [2.75, 3.05) is 7.11 Å². The molecule has 0 amide bonds. The van der Waals surface area contributed by atoms with Crippen LogP contribution in [0.4, 0.5) is 17.6 Å². The van der Waals surface area contributed by atoms with Crippen LogP contribution in [0.2, 0.25) is 0 Å². The van der Waals surface area contributed by atoms with E-state index in [0.717, 1.165) is 12.1 Å². The molecule has 0 spiro atoms. The highest BCUT2D eigenvalue weighted by molar-refractivity contribution is 5.75. The summed E-state index contributed by atoms with van der Waals surface area (Å²) in [6.45, 7) is 1.24. The Hall–Kier alpha value is -1.63. The lowest BCUT2D eigenvalue weighted by molar-refractivity contribution is -0.142. The van der Waals surface area contributed by atoms with Gasteiger partial charge in [0.15, 0.2) is 0 Å². The van der Waals surface area contributed by atoms with E-state index in [1.807, 2.05) is 0 Å². The third kappa shape index (κ3) is 4.20. The summed E-state index contributed by atoms with van der Waals surface area (Å²) in [6.07, 6.45) is -4.65. The van der Waals surface area contributed by atoms with Crippen LogP contribution in [0.15, 0.2) is 18.2 Å². The number of nitrogens with one attached hydrogen (secondary N) is 1. The monoisotopic (exact) mass is 279 g/mol. The summed E-state index contributed by atoms with van der Waals surface area (Å²) in [4.78, 5) is 11.1. The fraction of sp³-hybridized carbons (Fsp3) is 0.417. The highest BCUT2D eigenvalue weighted by Gasteiger charge is 2.33. The maximum absolute atomic E-state index is 12.9. The van der Waals surface area contributed by atoms with Crippen LogP contribution in [0, 0.1) is 5.82 Å². The number of hydrogen-bond acceptors (Lipinski definition) is 3.